The van der Waals surface area contributed by atoms with Crippen LogP contribution in [0.15, 0.2) is 16.9 Å². The lowest BCUT2D eigenvalue weighted by atomic mass is 10.4. The van der Waals surface area contributed by atoms with Crippen LogP contribution in [0.1, 0.15) is 24.2 Å². The van der Waals surface area contributed by atoms with E-state index in [-0.39, 0.29) is 0 Å². The number of nitrogens with zero attached hydrogens (tertiary/aromatic N) is 4. The van der Waals surface area contributed by atoms with Gasteiger partial charge in [0.05, 0.1) is 19.3 Å². The lowest BCUT2D eigenvalue weighted by Crippen LogP contribution is -2.19. The molecule has 0 saturated heterocycles. The highest BCUT2D eigenvalue weighted by Crippen LogP contribution is 1.97. The molecular formula is C11H17N5O. The van der Waals surface area contributed by atoms with Crippen molar-refractivity contribution in [3.63, 3.8) is 0 Å². The first kappa shape index (κ1) is 11.8. The molecule has 6 heteroatoms. The highest BCUT2D eigenvalue weighted by Gasteiger charge is 2.03. The van der Waals surface area contributed by atoms with Gasteiger partial charge in [-0.05, 0) is 12.5 Å². The molecule has 2 aromatic rings. The highest BCUT2D eigenvalue weighted by atomic mass is 16.5. The summed E-state index contributed by atoms with van der Waals surface area (Å²) in [5.74, 6) is 1.39. The zero-order valence-corrected chi connectivity index (χ0v) is 10.2. The van der Waals surface area contributed by atoms with Crippen molar-refractivity contribution in [1.82, 2.24) is 25.2 Å². The van der Waals surface area contributed by atoms with Crippen molar-refractivity contribution >= 4 is 0 Å². The molecule has 0 saturated carbocycles. The van der Waals surface area contributed by atoms with Crippen LogP contribution < -0.4 is 5.32 Å². The van der Waals surface area contributed by atoms with Crippen molar-refractivity contribution in [3.8, 4) is 0 Å². The van der Waals surface area contributed by atoms with Crippen molar-refractivity contribution in [2.45, 2.75) is 33.4 Å². The molecule has 0 aliphatic rings. The number of hydrogen-bond acceptors (Lipinski definition) is 5. The smallest absolute Gasteiger partial charge is 0.240 e. The van der Waals surface area contributed by atoms with Crippen LogP contribution in [0.5, 0.6) is 0 Å². The Balaban J connectivity index is 1.69. The lowest BCUT2D eigenvalue weighted by molar-refractivity contribution is 0.361. The molecule has 17 heavy (non-hydrogen) atoms. The van der Waals surface area contributed by atoms with E-state index in [9.17, 15) is 0 Å². The fourth-order valence-electron chi connectivity index (χ4n) is 1.48. The first-order valence-electron chi connectivity index (χ1n) is 5.79. The van der Waals surface area contributed by atoms with E-state index in [4.69, 9.17) is 4.52 Å². The van der Waals surface area contributed by atoms with Gasteiger partial charge in [0.1, 0.15) is 0 Å². The first-order valence-corrected chi connectivity index (χ1v) is 5.79. The van der Waals surface area contributed by atoms with Crippen molar-refractivity contribution in [3.05, 3.63) is 29.7 Å². The molecule has 0 aliphatic carbocycles. The quantitative estimate of drug-likeness (QED) is 0.754. The maximum Gasteiger partial charge on any atom is 0.240 e. The topological polar surface area (TPSA) is 68.8 Å². The highest BCUT2D eigenvalue weighted by molar-refractivity contribution is 4.99. The van der Waals surface area contributed by atoms with Gasteiger partial charge in [-0.2, -0.15) is 10.1 Å². The molecule has 0 unspecified atom stereocenters. The van der Waals surface area contributed by atoms with Gasteiger partial charge in [-0.15, -0.1) is 0 Å². The third kappa shape index (κ3) is 3.39. The number of rotatable bonds is 6. The number of aromatic nitrogens is 4. The molecule has 0 aromatic carbocycles. The Morgan fingerprint density at radius 2 is 2.35 bits per heavy atom. The van der Waals surface area contributed by atoms with E-state index in [2.05, 4.69) is 20.6 Å². The monoisotopic (exact) mass is 235 g/mol. The van der Waals surface area contributed by atoms with E-state index in [0.29, 0.717) is 12.4 Å². The minimum absolute atomic E-state index is 0.604. The van der Waals surface area contributed by atoms with Crippen molar-refractivity contribution in [1.29, 1.82) is 0 Å². The molecule has 2 aromatic heterocycles. The maximum absolute atomic E-state index is 5.07. The molecular weight excluding hydrogens is 218 g/mol. The fourth-order valence-corrected chi connectivity index (χ4v) is 1.48. The van der Waals surface area contributed by atoms with Gasteiger partial charge in [0.2, 0.25) is 5.89 Å². The molecule has 1 N–H and O–H groups in total. The third-order valence-corrected chi connectivity index (χ3v) is 2.38. The van der Waals surface area contributed by atoms with Gasteiger partial charge >= 0.3 is 0 Å². The van der Waals surface area contributed by atoms with E-state index in [1.54, 1.807) is 0 Å². The average Bonchev–Trinajstić information content (AvgIpc) is 2.93. The Hall–Kier alpha value is -1.69. The maximum atomic E-state index is 5.07. The zero-order chi connectivity index (χ0) is 12.1. The average molecular weight is 235 g/mol. The first-order chi connectivity index (χ1) is 8.28. The standard InChI is InChI=1S/C11H17N5O/c1-3-10-14-11(17-15-10)7-12-4-5-16-8-9(2)6-13-16/h6,8,12H,3-5,7H2,1-2H3. The Bertz CT molecular complexity index is 462. The van der Waals surface area contributed by atoms with Crippen LogP contribution in [-0.4, -0.2) is 26.5 Å². The molecule has 0 fully saturated rings. The van der Waals surface area contributed by atoms with Crippen molar-refractivity contribution < 1.29 is 4.52 Å². The molecule has 0 aliphatic heterocycles. The minimum Gasteiger partial charge on any atom is -0.338 e. The number of hydrogen-bond donors (Lipinski definition) is 1. The van der Waals surface area contributed by atoms with Gasteiger partial charge in [0, 0.05) is 19.2 Å². The van der Waals surface area contributed by atoms with Crippen LogP contribution in [0, 0.1) is 6.92 Å². The summed E-state index contributed by atoms with van der Waals surface area (Å²) in [7, 11) is 0. The predicted molar refractivity (Wildman–Crippen MR) is 62.3 cm³/mol. The molecule has 2 rings (SSSR count). The van der Waals surface area contributed by atoms with Crippen LogP contribution in [0.3, 0.4) is 0 Å². The summed E-state index contributed by atoms with van der Waals surface area (Å²) in [5, 5.41) is 11.3. The summed E-state index contributed by atoms with van der Waals surface area (Å²) in [6, 6.07) is 0. The fraction of sp³-hybridized carbons (Fsp3) is 0.545. The second-order valence-electron chi connectivity index (χ2n) is 3.92. The second-order valence-corrected chi connectivity index (χ2v) is 3.92. The third-order valence-electron chi connectivity index (χ3n) is 2.38. The van der Waals surface area contributed by atoms with Crippen molar-refractivity contribution in [2.75, 3.05) is 6.54 Å². The van der Waals surface area contributed by atoms with Crippen LogP contribution in [-0.2, 0) is 19.5 Å². The van der Waals surface area contributed by atoms with E-state index in [1.807, 2.05) is 30.9 Å². The van der Waals surface area contributed by atoms with Gasteiger partial charge in [-0.25, -0.2) is 0 Å². The molecule has 0 spiro atoms. The number of aryl methyl sites for hydroxylation is 2. The van der Waals surface area contributed by atoms with Crippen LogP contribution >= 0.6 is 0 Å². The summed E-state index contributed by atoms with van der Waals surface area (Å²) >= 11 is 0. The zero-order valence-electron chi connectivity index (χ0n) is 10.2. The Kier molecular flexibility index (Phi) is 3.87. The van der Waals surface area contributed by atoms with E-state index in [1.165, 1.54) is 5.56 Å². The summed E-state index contributed by atoms with van der Waals surface area (Å²) < 4.78 is 6.98. The summed E-state index contributed by atoms with van der Waals surface area (Å²) in [6.45, 7) is 6.30. The Morgan fingerprint density at radius 1 is 1.47 bits per heavy atom. The lowest BCUT2D eigenvalue weighted by Gasteiger charge is -2.01. The van der Waals surface area contributed by atoms with Gasteiger partial charge < -0.3 is 9.84 Å². The summed E-state index contributed by atoms with van der Waals surface area (Å²) in [6.07, 6.45) is 4.67. The summed E-state index contributed by atoms with van der Waals surface area (Å²) in [4.78, 5) is 4.21. The molecule has 0 amide bonds. The largest absolute Gasteiger partial charge is 0.338 e. The second kappa shape index (κ2) is 5.58. The van der Waals surface area contributed by atoms with Gasteiger partial charge in [0.25, 0.3) is 0 Å². The van der Waals surface area contributed by atoms with Gasteiger partial charge in [-0.1, -0.05) is 12.1 Å². The minimum atomic E-state index is 0.604. The Labute approximate surface area is 100 Å². The Morgan fingerprint density at radius 3 is 3.00 bits per heavy atom. The van der Waals surface area contributed by atoms with E-state index >= 15 is 0 Å². The molecule has 0 atom stereocenters. The molecule has 0 bridgehead atoms. The van der Waals surface area contributed by atoms with Gasteiger partial charge in [-0.3, -0.25) is 4.68 Å². The SMILES string of the molecule is CCc1noc(CNCCn2cc(C)cn2)n1. The van der Waals surface area contributed by atoms with E-state index < -0.39 is 0 Å². The molecule has 6 nitrogen and oxygen atoms in total. The van der Waals surface area contributed by atoms with Gasteiger partial charge in [0.15, 0.2) is 5.82 Å². The number of nitrogens with one attached hydrogen (secondary N) is 1. The van der Waals surface area contributed by atoms with Crippen LogP contribution in [0.25, 0.3) is 0 Å². The van der Waals surface area contributed by atoms with Crippen molar-refractivity contribution in [2.24, 2.45) is 0 Å². The van der Waals surface area contributed by atoms with E-state index in [0.717, 1.165) is 25.3 Å². The molecule has 2 heterocycles. The van der Waals surface area contributed by atoms with Crippen LogP contribution in [0.4, 0.5) is 0 Å². The summed E-state index contributed by atoms with van der Waals surface area (Å²) in [5.41, 5.74) is 1.18. The molecule has 92 valence electrons. The normalized spacial score (nSPS) is 10.9. The van der Waals surface area contributed by atoms with Crippen LogP contribution in [0.2, 0.25) is 0 Å². The molecule has 0 radical (unpaired) electrons. The predicted octanol–water partition coefficient (Wildman–Crippen LogP) is 0.927.